The summed E-state index contributed by atoms with van der Waals surface area (Å²) in [5.41, 5.74) is 2.91. The maximum absolute atomic E-state index is 11.6. The van der Waals surface area contributed by atoms with E-state index in [0.717, 1.165) is 16.8 Å². The Morgan fingerprint density at radius 3 is 2.61 bits per heavy atom. The summed E-state index contributed by atoms with van der Waals surface area (Å²) in [7, 11) is 0. The van der Waals surface area contributed by atoms with Crippen LogP contribution in [0.3, 0.4) is 0 Å². The highest BCUT2D eigenvalue weighted by molar-refractivity contribution is 6.19. The van der Waals surface area contributed by atoms with E-state index in [0.29, 0.717) is 0 Å². The summed E-state index contributed by atoms with van der Waals surface area (Å²) in [6.07, 6.45) is 0.221. The summed E-state index contributed by atoms with van der Waals surface area (Å²) >= 11 is 5.42. The van der Waals surface area contributed by atoms with Crippen molar-refractivity contribution in [3.63, 3.8) is 0 Å². The van der Waals surface area contributed by atoms with Gasteiger partial charge in [-0.05, 0) is 31.0 Å². The van der Waals surface area contributed by atoms with Crippen molar-refractivity contribution >= 4 is 29.1 Å². The van der Waals surface area contributed by atoms with Crippen LogP contribution in [-0.4, -0.2) is 24.2 Å². The average Bonchev–Trinajstić information content (AvgIpc) is 2.33. The van der Waals surface area contributed by atoms with Crippen molar-refractivity contribution < 1.29 is 9.59 Å². The van der Waals surface area contributed by atoms with Crippen LogP contribution in [0.5, 0.6) is 0 Å². The number of benzene rings is 1. The Balaban J connectivity index is 2.50. The van der Waals surface area contributed by atoms with Crippen LogP contribution in [0.25, 0.3) is 0 Å². The van der Waals surface area contributed by atoms with Gasteiger partial charge in [0.05, 0.1) is 6.54 Å². The summed E-state index contributed by atoms with van der Waals surface area (Å²) in [6, 6.07) is 5.69. The maximum atomic E-state index is 11.6. The number of anilines is 1. The van der Waals surface area contributed by atoms with Crippen LogP contribution in [-0.2, 0) is 9.59 Å². The molecular weight excluding hydrogens is 252 g/mol. The zero-order valence-electron chi connectivity index (χ0n) is 10.5. The number of halogens is 1. The van der Waals surface area contributed by atoms with Gasteiger partial charge in [0.15, 0.2) is 0 Å². The molecule has 4 nitrogen and oxygen atoms in total. The normalized spacial score (nSPS) is 9.94. The molecule has 1 rings (SSSR count). The highest BCUT2D eigenvalue weighted by Crippen LogP contribution is 2.17. The second-order valence-electron chi connectivity index (χ2n) is 4.01. The van der Waals surface area contributed by atoms with Gasteiger partial charge >= 0.3 is 0 Å². The number of hydrogen-bond acceptors (Lipinski definition) is 2. The maximum Gasteiger partial charge on any atom is 0.243 e. The average molecular weight is 269 g/mol. The molecule has 0 heterocycles. The van der Waals surface area contributed by atoms with E-state index in [1.54, 1.807) is 0 Å². The molecule has 0 bridgehead atoms. The number of carbonyl (C=O) groups is 2. The molecule has 0 aliphatic carbocycles. The Morgan fingerprint density at radius 2 is 1.94 bits per heavy atom. The minimum absolute atomic E-state index is 0.0386. The third kappa shape index (κ3) is 4.37. The second-order valence-corrected chi connectivity index (χ2v) is 4.39. The first-order chi connectivity index (χ1) is 8.54. The number of rotatable bonds is 5. The van der Waals surface area contributed by atoms with Crippen molar-refractivity contribution in [2.75, 3.05) is 17.7 Å². The molecule has 0 radical (unpaired) electrons. The Bertz CT molecular complexity index is 447. The molecule has 0 atom stereocenters. The van der Waals surface area contributed by atoms with E-state index in [9.17, 15) is 9.59 Å². The van der Waals surface area contributed by atoms with Crippen molar-refractivity contribution in [1.82, 2.24) is 5.32 Å². The molecule has 1 aromatic rings. The summed E-state index contributed by atoms with van der Waals surface area (Å²) in [5, 5.41) is 5.26. The van der Waals surface area contributed by atoms with Crippen LogP contribution in [0.15, 0.2) is 18.2 Å². The number of alkyl halides is 1. The molecule has 2 amide bonds. The van der Waals surface area contributed by atoms with Crippen molar-refractivity contribution in [1.29, 1.82) is 0 Å². The largest absolute Gasteiger partial charge is 0.347 e. The van der Waals surface area contributed by atoms with Gasteiger partial charge in [-0.1, -0.05) is 12.1 Å². The Kier molecular flexibility index (Phi) is 5.65. The zero-order valence-corrected chi connectivity index (χ0v) is 11.3. The zero-order chi connectivity index (χ0) is 13.5. The van der Waals surface area contributed by atoms with E-state index in [1.807, 2.05) is 32.0 Å². The quantitative estimate of drug-likeness (QED) is 0.803. The summed E-state index contributed by atoms with van der Waals surface area (Å²) in [4.78, 5) is 22.8. The molecule has 18 heavy (non-hydrogen) atoms. The molecule has 0 saturated carbocycles. The van der Waals surface area contributed by atoms with E-state index in [1.165, 1.54) is 0 Å². The van der Waals surface area contributed by atoms with Crippen LogP contribution in [0.1, 0.15) is 17.5 Å². The molecule has 0 spiro atoms. The standard InChI is InChI=1S/C13H17ClN2O2/c1-9-4-3-5-11(10(9)2)16-13(18)8-15-12(17)6-7-14/h3-5H,6-8H2,1-2H3,(H,15,17)(H,16,18). The molecule has 5 heteroatoms. The Labute approximate surface area is 112 Å². The van der Waals surface area contributed by atoms with Crippen molar-refractivity contribution in [2.45, 2.75) is 20.3 Å². The van der Waals surface area contributed by atoms with Crippen molar-refractivity contribution in [2.24, 2.45) is 0 Å². The molecule has 0 aliphatic heterocycles. The lowest BCUT2D eigenvalue weighted by Crippen LogP contribution is -2.33. The number of carbonyl (C=O) groups excluding carboxylic acids is 2. The van der Waals surface area contributed by atoms with E-state index in [2.05, 4.69) is 10.6 Å². The third-order valence-corrected chi connectivity index (χ3v) is 2.84. The molecule has 0 aromatic heterocycles. The Morgan fingerprint density at radius 1 is 1.22 bits per heavy atom. The van der Waals surface area contributed by atoms with Crippen LogP contribution >= 0.6 is 11.6 Å². The minimum Gasteiger partial charge on any atom is -0.347 e. The van der Waals surface area contributed by atoms with Crippen LogP contribution in [0.2, 0.25) is 0 Å². The SMILES string of the molecule is Cc1cccc(NC(=O)CNC(=O)CCCl)c1C. The van der Waals surface area contributed by atoms with Crippen molar-refractivity contribution in [3.05, 3.63) is 29.3 Å². The van der Waals surface area contributed by atoms with Gasteiger partial charge in [0.25, 0.3) is 0 Å². The Hall–Kier alpha value is -1.55. The summed E-state index contributed by atoms with van der Waals surface area (Å²) in [5.74, 6) is -0.211. The van der Waals surface area contributed by atoms with E-state index in [4.69, 9.17) is 11.6 Å². The molecule has 98 valence electrons. The fourth-order valence-electron chi connectivity index (χ4n) is 1.43. The predicted octanol–water partition coefficient (Wildman–Crippen LogP) is 1.99. The second kappa shape index (κ2) is 7.01. The molecule has 0 fully saturated rings. The first-order valence-corrected chi connectivity index (χ1v) is 6.26. The lowest BCUT2D eigenvalue weighted by Gasteiger charge is -2.10. The van der Waals surface area contributed by atoms with E-state index < -0.39 is 0 Å². The number of aryl methyl sites for hydroxylation is 1. The number of hydrogen-bond donors (Lipinski definition) is 2. The molecular formula is C13H17ClN2O2. The molecule has 0 aliphatic rings. The first-order valence-electron chi connectivity index (χ1n) is 5.73. The first kappa shape index (κ1) is 14.5. The van der Waals surface area contributed by atoms with Gasteiger partial charge in [-0.2, -0.15) is 0 Å². The fraction of sp³-hybridized carbons (Fsp3) is 0.385. The lowest BCUT2D eigenvalue weighted by atomic mass is 10.1. The van der Waals surface area contributed by atoms with Crippen LogP contribution in [0, 0.1) is 13.8 Å². The van der Waals surface area contributed by atoms with Gasteiger partial charge in [0.2, 0.25) is 11.8 Å². The van der Waals surface area contributed by atoms with Crippen LogP contribution < -0.4 is 10.6 Å². The molecule has 1 aromatic carbocycles. The van der Waals surface area contributed by atoms with Gasteiger partial charge in [0, 0.05) is 18.0 Å². The van der Waals surface area contributed by atoms with Gasteiger partial charge < -0.3 is 10.6 Å². The van der Waals surface area contributed by atoms with E-state index in [-0.39, 0.29) is 30.7 Å². The molecule has 0 saturated heterocycles. The van der Waals surface area contributed by atoms with Gasteiger partial charge in [-0.3, -0.25) is 9.59 Å². The van der Waals surface area contributed by atoms with Crippen molar-refractivity contribution in [3.8, 4) is 0 Å². The topological polar surface area (TPSA) is 58.2 Å². The third-order valence-electron chi connectivity index (χ3n) is 2.65. The number of nitrogens with one attached hydrogen (secondary N) is 2. The fourth-order valence-corrected chi connectivity index (χ4v) is 1.61. The molecule has 2 N–H and O–H groups in total. The minimum atomic E-state index is -0.244. The van der Waals surface area contributed by atoms with E-state index >= 15 is 0 Å². The highest BCUT2D eigenvalue weighted by atomic mass is 35.5. The van der Waals surface area contributed by atoms with Crippen LogP contribution in [0.4, 0.5) is 5.69 Å². The summed E-state index contributed by atoms with van der Waals surface area (Å²) < 4.78 is 0. The highest BCUT2D eigenvalue weighted by Gasteiger charge is 2.07. The summed E-state index contributed by atoms with van der Waals surface area (Å²) in [6.45, 7) is 3.88. The molecule has 0 unspecified atom stereocenters. The number of amides is 2. The van der Waals surface area contributed by atoms with Gasteiger partial charge in [0.1, 0.15) is 0 Å². The van der Waals surface area contributed by atoms with Gasteiger partial charge in [-0.15, -0.1) is 11.6 Å². The van der Waals surface area contributed by atoms with Gasteiger partial charge in [-0.25, -0.2) is 0 Å². The smallest absolute Gasteiger partial charge is 0.243 e. The monoisotopic (exact) mass is 268 g/mol. The lowest BCUT2D eigenvalue weighted by molar-refractivity contribution is -0.123. The predicted molar refractivity (Wildman–Crippen MR) is 72.9 cm³/mol.